The summed E-state index contributed by atoms with van der Waals surface area (Å²) in [6.45, 7) is 3.26. The van der Waals surface area contributed by atoms with Crippen molar-refractivity contribution < 1.29 is 32.3 Å². The van der Waals surface area contributed by atoms with Gasteiger partial charge in [0.2, 0.25) is 10.0 Å². The first-order valence-corrected chi connectivity index (χ1v) is 12.9. The molecule has 0 aliphatic carbocycles. The zero-order valence-electron chi connectivity index (χ0n) is 20.4. The van der Waals surface area contributed by atoms with Crippen LogP contribution in [0.25, 0.3) is 22.1 Å². The lowest BCUT2D eigenvalue weighted by atomic mass is 10.1. The summed E-state index contributed by atoms with van der Waals surface area (Å²) in [6.07, 6.45) is 0. The summed E-state index contributed by atoms with van der Waals surface area (Å²) in [4.78, 5) is 24.0. The predicted octanol–water partition coefficient (Wildman–Crippen LogP) is 4.75. The summed E-state index contributed by atoms with van der Waals surface area (Å²) in [7, 11) is -2.44. The van der Waals surface area contributed by atoms with Crippen molar-refractivity contribution in [3.05, 3.63) is 78.6 Å². The van der Waals surface area contributed by atoms with Gasteiger partial charge < -0.3 is 19.6 Å². The first kappa shape index (κ1) is 25.9. The standard InChI is InChI=1S/C27H26N2O7S/c1-16(2)25(27(31)32)29-37(33,34)22-11-6-18(7-12-22)17-4-8-20(9-5-17)28-26(30)24-15-19-14-21(35-3)10-13-23(19)36-24/h4-16,25,29H,1-3H3,(H,28,30)(H,31,32). The summed E-state index contributed by atoms with van der Waals surface area (Å²) in [5.41, 5.74) is 2.69. The normalized spacial score (nSPS) is 12.4. The number of anilines is 1. The number of carbonyl (C=O) groups excluding carboxylic acids is 1. The summed E-state index contributed by atoms with van der Waals surface area (Å²) in [6, 6.07) is 18.8. The minimum Gasteiger partial charge on any atom is -0.497 e. The van der Waals surface area contributed by atoms with Gasteiger partial charge in [-0.3, -0.25) is 9.59 Å². The number of rotatable bonds is 9. The fourth-order valence-corrected chi connectivity index (χ4v) is 5.07. The molecule has 192 valence electrons. The fraction of sp³-hybridized carbons (Fsp3) is 0.185. The Labute approximate surface area is 214 Å². The number of sulfonamides is 1. The first-order valence-electron chi connectivity index (χ1n) is 11.4. The van der Waals surface area contributed by atoms with Crippen LogP contribution in [-0.4, -0.2) is 38.6 Å². The van der Waals surface area contributed by atoms with Gasteiger partial charge in [0.05, 0.1) is 12.0 Å². The van der Waals surface area contributed by atoms with Gasteiger partial charge in [-0.2, -0.15) is 4.72 Å². The van der Waals surface area contributed by atoms with E-state index in [4.69, 9.17) is 9.15 Å². The highest BCUT2D eigenvalue weighted by Gasteiger charge is 2.28. The summed E-state index contributed by atoms with van der Waals surface area (Å²) < 4.78 is 38.3. The van der Waals surface area contributed by atoms with Gasteiger partial charge in [0.25, 0.3) is 5.91 Å². The topological polar surface area (TPSA) is 135 Å². The Morgan fingerprint density at radius 2 is 1.54 bits per heavy atom. The van der Waals surface area contributed by atoms with Gasteiger partial charge in [-0.25, -0.2) is 8.42 Å². The van der Waals surface area contributed by atoms with Crippen LogP contribution in [0.1, 0.15) is 24.4 Å². The number of benzene rings is 3. The monoisotopic (exact) mass is 522 g/mol. The van der Waals surface area contributed by atoms with E-state index in [9.17, 15) is 23.1 Å². The highest BCUT2D eigenvalue weighted by atomic mass is 32.2. The van der Waals surface area contributed by atoms with Crippen molar-refractivity contribution in [2.45, 2.75) is 24.8 Å². The number of carbonyl (C=O) groups is 2. The molecule has 0 radical (unpaired) electrons. The third kappa shape index (κ3) is 5.82. The highest BCUT2D eigenvalue weighted by molar-refractivity contribution is 7.89. The van der Waals surface area contributed by atoms with Crippen LogP contribution in [0.15, 0.2) is 82.1 Å². The molecule has 1 unspecified atom stereocenters. The largest absolute Gasteiger partial charge is 0.497 e. The molecule has 1 amide bonds. The van der Waals surface area contributed by atoms with Crippen molar-refractivity contribution in [2.75, 3.05) is 12.4 Å². The lowest BCUT2D eigenvalue weighted by Crippen LogP contribution is -2.44. The second-order valence-corrected chi connectivity index (χ2v) is 10.5. The number of hydrogen-bond acceptors (Lipinski definition) is 6. The average molecular weight is 523 g/mol. The average Bonchev–Trinajstić information content (AvgIpc) is 3.31. The number of methoxy groups -OCH3 is 1. The Hall–Kier alpha value is -4.15. The Bertz CT molecular complexity index is 1540. The number of aliphatic carboxylic acids is 1. The lowest BCUT2D eigenvalue weighted by Gasteiger charge is -2.18. The molecule has 1 aromatic heterocycles. The zero-order chi connectivity index (χ0) is 26.7. The van der Waals surface area contributed by atoms with Gasteiger partial charge in [0.15, 0.2) is 5.76 Å². The van der Waals surface area contributed by atoms with E-state index in [1.165, 1.54) is 12.1 Å². The molecular formula is C27H26N2O7S. The van der Waals surface area contributed by atoms with Crippen molar-refractivity contribution in [1.82, 2.24) is 4.72 Å². The number of amides is 1. The van der Waals surface area contributed by atoms with Crippen LogP contribution in [0.2, 0.25) is 0 Å². The SMILES string of the molecule is COc1ccc2oc(C(=O)Nc3ccc(-c4ccc(S(=O)(=O)NC(C(=O)O)C(C)C)cc4)cc3)cc2c1. The van der Waals surface area contributed by atoms with Crippen molar-refractivity contribution in [2.24, 2.45) is 5.92 Å². The molecule has 0 fully saturated rings. The molecule has 0 spiro atoms. The third-order valence-electron chi connectivity index (χ3n) is 5.80. The van der Waals surface area contributed by atoms with Crippen LogP contribution in [0.3, 0.4) is 0 Å². The van der Waals surface area contributed by atoms with Gasteiger partial charge in [0.1, 0.15) is 17.4 Å². The number of ether oxygens (including phenoxy) is 1. The molecule has 0 saturated carbocycles. The van der Waals surface area contributed by atoms with E-state index in [0.29, 0.717) is 17.0 Å². The summed E-state index contributed by atoms with van der Waals surface area (Å²) >= 11 is 0. The molecule has 0 aliphatic rings. The zero-order valence-corrected chi connectivity index (χ0v) is 21.2. The van der Waals surface area contributed by atoms with E-state index in [0.717, 1.165) is 16.5 Å². The Balaban J connectivity index is 1.45. The molecule has 0 bridgehead atoms. The van der Waals surface area contributed by atoms with Gasteiger partial charge in [-0.05, 0) is 65.6 Å². The highest BCUT2D eigenvalue weighted by Crippen LogP contribution is 2.26. The maximum Gasteiger partial charge on any atom is 0.322 e. The van der Waals surface area contributed by atoms with Crippen molar-refractivity contribution in [1.29, 1.82) is 0 Å². The smallest absolute Gasteiger partial charge is 0.322 e. The fourth-order valence-electron chi connectivity index (χ4n) is 3.73. The molecule has 3 N–H and O–H groups in total. The number of nitrogens with one attached hydrogen (secondary N) is 2. The van der Waals surface area contributed by atoms with Crippen LogP contribution in [0.5, 0.6) is 5.75 Å². The lowest BCUT2D eigenvalue weighted by molar-refractivity contribution is -0.140. The van der Waals surface area contributed by atoms with Gasteiger partial charge in [0, 0.05) is 11.1 Å². The van der Waals surface area contributed by atoms with E-state index in [2.05, 4.69) is 10.0 Å². The summed E-state index contributed by atoms with van der Waals surface area (Å²) in [5.74, 6) is -1.21. The molecule has 1 heterocycles. The second-order valence-electron chi connectivity index (χ2n) is 8.75. The number of carboxylic acid groups (broad SMARTS) is 1. The second kappa shape index (κ2) is 10.5. The Morgan fingerprint density at radius 3 is 2.11 bits per heavy atom. The molecule has 37 heavy (non-hydrogen) atoms. The molecule has 10 heteroatoms. The van der Waals surface area contributed by atoms with Crippen molar-refractivity contribution >= 4 is 38.6 Å². The molecule has 4 rings (SSSR count). The molecule has 4 aromatic rings. The maximum atomic E-state index is 12.6. The van der Waals surface area contributed by atoms with Crippen LogP contribution < -0.4 is 14.8 Å². The van der Waals surface area contributed by atoms with E-state index >= 15 is 0 Å². The van der Waals surface area contributed by atoms with E-state index < -0.39 is 33.9 Å². The minimum absolute atomic E-state index is 0.0320. The van der Waals surface area contributed by atoms with E-state index in [1.807, 2.05) is 0 Å². The number of carboxylic acids is 1. The first-order chi connectivity index (χ1) is 17.6. The molecule has 0 saturated heterocycles. The van der Waals surface area contributed by atoms with Gasteiger partial charge in [-0.15, -0.1) is 0 Å². The summed E-state index contributed by atoms with van der Waals surface area (Å²) in [5, 5.41) is 12.8. The third-order valence-corrected chi connectivity index (χ3v) is 7.26. The Morgan fingerprint density at radius 1 is 0.919 bits per heavy atom. The number of fused-ring (bicyclic) bond motifs is 1. The molecule has 0 aliphatic heterocycles. The van der Waals surface area contributed by atoms with Crippen LogP contribution in [-0.2, 0) is 14.8 Å². The Kier molecular flexibility index (Phi) is 7.33. The number of hydrogen-bond donors (Lipinski definition) is 3. The molecular weight excluding hydrogens is 496 g/mol. The van der Waals surface area contributed by atoms with E-state index in [1.54, 1.807) is 81.6 Å². The van der Waals surface area contributed by atoms with Crippen LogP contribution >= 0.6 is 0 Å². The molecule has 3 aromatic carbocycles. The van der Waals surface area contributed by atoms with Crippen LogP contribution in [0, 0.1) is 5.92 Å². The maximum absolute atomic E-state index is 12.6. The number of furan rings is 1. The van der Waals surface area contributed by atoms with Crippen molar-refractivity contribution in [3.63, 3.8) is 0 Å². The van der Waals surface area contributed by atoms with E-state index in [-0.39, 0.29) is 10.7 Å². The molecule has 9 nitrogen and oxygen atoms in total. The minimum atomic E-state index is -4.00. The van der Waals surface area contributed by atoms with Crippen molar-refractivity contribution in [3.8, 4) is 16.9 Å². The predicted molar refractivity (Wildman–Crippen MR) is 139 cm³/mol. The van der Waals surface area contributed by atoms with Gasteiger partial charge >= 0.3 is 5.97 Å². The quantitative estimate of drug-likeness (QED) is 0.289. The van der Waals surface area contributed by atoms with Crippen LogP contribution in [0.4, 0.5) is 5.69 Å². The van der Waals surface area contributed by atoms with Gasteiger partial charge in [-0.1, -0.05) is 38.1 Å². The molecule has 1 atom stereocenters.